The van der Waals surface area contributed by atoms with Crippen molar-refractivity contribution in [3.05, 3.63) is 28.2 Å². The Labute approximate surface area is 77.8 Å². The Bertz CT molecular complexity index is 567. The van der Waals surface area contributed by atoms with Crippen LogP contribution in [0.15, 0.2) is 17.2 Å². The lowest BCUT2D eigenvalue weighted by Gasteiger charge is -2.00. The zero-order valence-electron chi connectivity index (χ0n) is 7.27. The zero-order chi connectivity index (χ0) is 10.3. The first-order valence-electron chi connectivity index (χ1n) is 3.86. The van der Waals surface area contributed by atoms with Crippen molar-refractivity contribution in [3.8, 4) is 0 Å². The maximum atomic E-state index is 11.5. The number of carbonyl (C=O) groups is 1. The van der Waals surface area contributed by atoms with Gasteiger partial charge >= 0.3 is 0 Å². The lowest BCUT2D eigenvalue weighted by Crippen LogP contribution is -2.28. The summed E-state index contributed by atoms with van der Waals surface area (Å²) in [6, 6.07) is 0. The highest BCUT2D eigenvalue weighted by molar-refractivity contribution is 5.89. The summed E-state index contributed by atoms with van der Waals surface area (Å²) in [5.41, 5.74) is -0.475. The van der Waals surface area contributed by atoms with E-state index in [2.05, 4.69) is 10.1 Å². The van der Waals surface area contributed by atoms with E-state index < -0.39 is 11.4 Å². The van der Waals surface area contributed by atoms with Crippen molar-refractivity contribution in [1.29, 1.82) is 0 Å². The van der Waals surface area contributed by atoms with E-state index in [0.717, 1.165) is 6.20 Å². The van der Waals surface area contributed by atoms with Crippen LogP contribution in [0.5, 0.6) is 0 Å². The summed E-state index contributed by atoms with van der Waals surface area (Å²) >= 11 is 0. The lowest BCUT2D eigenvalue weighted by atomic mass is 10.2. The minimum absolute atomic E-state index is 0.245. The molecule has 2 aromatic heterocycles. The van der Waals surface area contributed by atoms with Gasteiger partial charge in [-0.25, -0.2) is 0 Å². The van der Waals surface area contributed by atoms with E-state index in [4.69, 9.17) is 0 Å². The number of hydrogen-bond acceptors (Lipinski definition) is 4. The van der Waals surface area contributed by atoms with Gasteiger partial charge in [0.2, 0.25) is 5.43 Å². The molecule has 0 aliphatic rings. The van der Waals surface area contributed by atoms with Crippen LogP contribution in [0, 0.1) is 0 Å². The van der Waals surface area contributed by atoms with Gasteiger partial charge in [0.15, 0.2) is 0 Å². The van der Waals surface area contributed by atoms with Crippen LogP contribution in [0.4, 0.5) is 0 Å². The molecule has 0 amide bonds. The predicted octanol–water partition coefficient (Wildman–Crippen LogP) is -1.37. The number of hydrogen-bond donors (Lipinski definition) is 1. The molecule has 2 aromatic rings. The van der Waals surface area contributed by atoms with Crippen molar-refractivity contribution < 1.29 is 9.90 Å². The maximum Gasteiger partial charge on any atom is 0.201 e. The number of aromatic nitrogens is 3. The summed E-state index contributed by atoms with van der Waals surface area (Å²) in [6.07, 6.45) is 2.43. The van der Waals surface area contributed by atoms with Crippen LogP contribution in [0.3, 0.4) is 0 Å². The Balaban J connectivity index is 2.90. The largest absolute Gasteiger partial charge is 0.545 e. The molecule has 72 valence electrons. The molecule has 0 bridgehead atoms. The predicted molar refractivity (Wildman–Crippen MR) is 45.7 cm³/mol. The lowest BCUT2D eigenvalue weighted by molar-refractivity contribution is -0.255. The highest BCUT2D eigenvalue weighted by atomic mass is 16.4. The van der Waals surface area contributed by atoms with Crippen LogP contribution in [0.2, 0.25) is 0 Å². The zero-order valence-corrected chi connectivity index (χ0v) is 7.27. The fourth-order valence-electron chi connectivity index (χ4n) is 1.28. The van der Waals surface area contributed by atoms with E-state index in [1.807, 2.05) is 0 Å². The van der Waals surface area contributed by atoms with Crippen molar-refractivity contribution in [2.24, 2.45) is 7.05 Å². The molecule has 0 fully saturated rings. The third kappa shape index (κ3) is 1.00. The molecular weight excluding hydrogens is 186 g/mol. The Morgan fingerprint density at radius 2 is 2.36 bits per heavy atom. The van der Waals surface area contributed by atoms with Crippen molar-refractivity contribution in [3.63, 3.8) is 0 Å². The second-order valence-electron chi connectivity index (χ2n) is 2.85. The van der Waals surface area contributed by atoms with Gasteiger partial charge in [-0.3, -0.25) is 9.48 Å². The number of H-pyrrole nitrogens is 1. The Kier molecular flexibility index (Phi) is 1.63. The number of aromatic amines is 1. The van der Waals surface area contributed by atoms with E-state index in [9.17, 15) is 14.7 Å². The molecule has 0 spiro atoms. The van der Waals surface area contributed by atoms with Gasteiger partial charge in [0, 0.05) is 13.2 Å². The fourth-order valence-corrected chi connectivity index (χ4v) is 1.28. The van der Waals surface area contributed by atoms with E-state index in [-0.39, 0.29) is 10.9 Å². The second kappa shape index (κ2) is 2.69. The molecule has 0 aromatic carbocycles. The summed E-state index contributed by atoms with van der Waals surface area (Å²) in [4.78, 5) is 24.7. The number of fused-ring (bicyclic) bond motifs is 1. The third-order valence-electron chi connectivity index (χ3n) is 2.00. The number of rotatable bonds is 1. The Morgan fingerprint density at radius 3 is 3.00 bits per heavy atom. The highest BCUT2D eigenvalue weighted by Crippen LogP contribution is 2.04. The molecule has 2 rings (SSSR count). The number of carbonyl (C=O) groups excluding carboxylic acids is 1. The van der Waals surface area contributed by atoms with E-state index in [1.165, 1.54) is 10.9 Å². The number of nitrogens with zero attached hydrogens (tertiary/aromatic N) is 2. The van der Waals surface area contributed by atoms with E-state index in [1.54, 1.807) is 7.05 Å². The average molecular weight is 192 g/mol. The number of aryl methyl sites for hydroxylation is 1. The normalized spacial score (nSPS) is 10.6. The number of carboxylic acids is 1. The monoisotopic (exact) mass is 192 g/mol. The first-order chi connectivity index (χ1) is 6.61. The Hall–Kier alpha value is -2.11. The number of carboxylic acid groups (broad SMARTS) is 1. The molecule has 0 saturated heterocycles. The van der Waals surface area contributed by atoms with Crippen LogP contribution in [-0.4, -0.2) is 20.7 Å². The molecule has 2 heterocycles. The van der Waals surface area contributed by atoms with Gasteiger partial charge in [-0.05, 0) is 0 Å². The summed E-state index contributed by atoms with van der Waals surface area (Å²) in [5, 5.41) is 14.6. The second-order valence-corrected chi connectivity index (χ2v) is 2.85. The summed E-state index contributed by atoms with van der Waals surface area (Å²) in [5.74, 6) is -1.49. The topological polar surface area (TPSA) is 90.8 Å². The van der Waals surface area contributed by atoms with Gasteiger partial charge in [0.05, 0.1) is 23.1 Å². The molecule has 0 saturated carbocycles. The molecule has 1 N–H and O–H groups in total. The van der Waals surface area contributed by atoms with Gasteiger partial charge < -0.3 is 14.9 Å². The van der Waals surface area contributed by atoms with Crippen molar-refractivity contribution >= 4 is 17.0 Å². The fraction of sp³-hybridized carbons (Fsp3) is 0.125. The van der Waals surface area contributed by atoms with Gasteiger partial charge in [-0.1, -0.05) is 0 Å². The molecular formula is C8H6N3O3-. The first-order valence-corrected chi connectivity index (χ1v) is 3.86. The van der Waals surface area contributed by atoms with Crippen molar-refractivity contribution in [2.75, 3.05) is 0 Å². The molecule has 6 heteroatoms. The molecule has 0 aliphatic carbocycles. The summed E-state index contributed by atoms with van der Waals surface area (Å²) < 4.78 is 1.45. The summed E-state index contributed by atoms with van der Waals surface area (Å²) in [6.45, 7) is 0. The average Bonchev–Trinajstić information content (AvgIpc) is 2.49. The minimum Gasteiger partial charge on any atom is -0.545 e. The molecule has 14 heavy (non-hydrogen) atoms. The van der Waals surface area contributed by atoms with Crippen LogP contribution in [0.1, 0.15) is 10.4 Å². The van der Waals surface area contributed by atoms with Gasteiger partial charge in [-0.2, -0.15) is 5.10 Å². The van der Waals surface area contributed by atoms with Gasteiger partial charge in [0.25, 0.3) is 0 Å². The quantitative estimate of drug-likeness (QED) is 0.603. The number of nitrogens with one attached hydrogen (secondary N) is 1. The van der Waals surface area contributed by atoms with Crippen LogP contribution in [-0.2, 0) is 7.05 Å². The van der Waals surface area contributed by atoms with Crippen LogP contribution in [0.25, 0.3) is 11.0 Å². The van der Waals surface area contributed by atoms with Gasteiger partial charge in [0.1, 0.15) is 5.65 Å². The third-order valence-corrected chi connectivity index (χ3v) is 2.00. The Morgan fingerprint density at radius 1 is 1.64 bits per heavy atom. The van der Waals surface area contributed by atoms with Crippen LogP contribution < -0.4 is 10.5 Å². The standard InChI is InChI=1S/C8H7N3O3/c1-11-7-4(3-10-11)6(12)5(2-9-7)8(13)14/h2-3H,1H3,(H,9,12)(H,13,14)/p-1. The van der Waals surface area contributed by atoms with Crippen molar-refractivity contribution in [1.82, 2.24) is 14.8 Å². The number of pyridine rings is 1. The SMILES string of the molecule is Cn1ncc2c(=O)c(C(=O)[O-])c[nH]c21. The molecule has 0 radical (unpaired) electrons. The van der Waals surface area contributed by atoms with Gasteiger partial charge in [-0.15, -0.1) is 0 Å². The first kappa shape index (κ1) is 8.49. The maximum absolute atomic E-state index is 11.5. The molecule has 0 unspecified atom stereocenters. The molecule has 0 aliphatic heterocycles. The highest BCUT2D eigenvalue weighted by Gasteiger charge is 2.08. The van der Waals surface area contributed by atoms with E-state index >= 15 is 0 Å². The summed E-state index contributed by atoms with van der Waals surface area (Å²) in [7, 11) is 1.65. The smallest absolute Gasteiger partial charge is 0.201 e. The number of aromatic carboxylic acids is 1. The minimum atomic E-state index is -1.49. The molecule has 6 nitrogen and oxygen atoms in total. The van der Waals surface area contributed by atoms with Crippen molar-refractivity contribution in [2.45, 2.75) is 0 Å². The van der Waals surface area contributed by atoms with E-state index in [0.29, 0.717) is 5.65 Å². The molecule has 0 atom stereocenters. The van der Waals surface area contributed by atoms with Crippen LogP contribution >= 0.6 is 0 Å².